The van der Waals surface area contributed by atoms with E-state index in [0.29, 0.717) is 18.0 Å². The molecule has 1 aromatic carbocycles. The fourth-order valence-electron chi connectivity index (χ4n) is 5.01. The molecule has 0 aromatic heterocycles. The second-order valence-electron chi connectivity index (χ2n) is 7.24. The molecule has 2 aliphatic carbocycles. The lowest BCUT2D eigenvalue weighted by atomic mass is 9.42. The summed E-state index contributed by atoms with van der Waals surface area (Å²) in [6, 6.07) is 3.81. The van der Waals surface area contributed by atoms with Crippen molar-refractivity contribution in [1.29, 1.82) is 0 Å². The Kier molecular flexibility index (Phi) is 2.07. The molecule has 0 saturated heterocycles. The van der Waals surface area contributed by atoms with Crippen LogP contribution >= 0.6 is 0 Å². The second kappa shape index (κ2) is 3.38. The average Bonchev–Trinajstić information content (AvgIpc) is 2.31. The number of ketones is 1. The number of hydrogen-bond acceptors (Lipinski definition) is 3. The van der Waals surface area contributed by atoms with Crippen LogP contribution < -0.4 is 4.74 Å². The molecule has 1 heterocycles. The van der Waals surface area contributed by atoms with Gasteiger partial charge in [-0.15, -0.1) is 0 Å². The van der Waals surface area contributed by atoms with Crippen LogP contribution in [0, 0.1) is 18.3 Å². The highest BCUT2D eigenvalue weighted by atomic mass is 16.5. The molecule has 0 amide bonds. The zero-order valence-corrected chi connectivity index (χ0v) is 12.2. The van der Waals surface area contributed by atoms with Gasteiger partial charge in [0.25, 0.3) is 0 Å². The Bertz CT molecular complexity index is 635. The zero-order valence-electron chi connectivity index (χ0n) is 12.2. The zero-order chi connectivity index (χ0) is 14.3. The molecule has 4 atom stereocenters. The Morgan fingerprint density at radius 1 is 1.35 bits per heavy atom. The predicted octanol–water partition coefficient (Wildman–Crippen LogP) is 3.32. The van der Waals surface area contributed by atoms with Crippen molar-refractivity contribution in [1.82, 2.24) is 0 Å². The molecule has 106 valence electrons. The average molecular weight is 272 g/mol. The van der Waals surface area contributed by atoms with Crippen LogP contribution in [0.2, 0.25) is 0 Å². The molecule has 20 heavy (non-hydrogen) atoms. The second-order valence-corrected chi connectivity index (χ2v) is 7.24. The number of ether oxygens (including phenoxy) is 1. The number of carbonyl (C=O) groups is 1. The van der Waals surface area contributed by atoms with Crippen molar-refractivity contribution in [2.45, 2.75) is 51.6 Å². The standard InChI is InChI=1S/C17H20O3/c1-9-6-11(18)14-10-8-16(2)13(19)4-5-17(3,15(10)16)20-12(14)7-9/h6-7,10,15,18H,4-5,8H2,1-3H3/t10-,15+,16+,17-/m1/s1. The highest BCUT2D eigenvalue weighted by molar-refractivity contribution is 5.88. The molecule has 2 fully saturated rings. The third-order valence-corrected chi connectivity index (χ3v) is 5.85. The molecule has 4 rings (SSSR count). The van der Waals surface area contributed by atoms with E-state index in [9.17, 15) is 9.90 Å². The topological polar surface area (TPSA) is 46.5 Å². The van der Waals surface area contributed by atoms with Gasteiger partial charge < -0.3 is 9.84 Å². The number of phenolic OH excluding ortho intramolecular Hbond substituents is 1. The van der Waals surface area contributed by atoms with E-state index in [1.807, 2.05) is 13.0 Å². The van der Waals surface area contributed by atoms with E-state index >= 15 is 0 Å². The summed E-state index contributed by atoms with van der Waals surface area (Å²) in [6.45, 7) is 6.18. The van der Waals surface area contributed by atoms with Gasteiger partial charge in [-0.05, 0) is 50.3 Å². The molecule has 1 aliphatic heterocycles. The number of phenols is 1. The van der Waals surface area contributed by atoms with Crippen molar-refractivity contribution in [3.05, 3.63) is 23.3 Å². The molecule has 3 aliphatic rings. The van der Waals surface area contributed by atoms with E-state index in [1.165, 1.54) is 0 Å². The largest absolute Gasteiger partial charge is 0.508 e. The van der Waals surface area contributed by atoms with Gasteiger partial charge >= 0.3 is 0 Å². The Balaban J connectivity index is 1.89. The molecule has 1 aromatic rings. The smallest absolute Gasteiger partial charge is 0.139 e. The number of Topliss-reactive ketones (excluding diaryl/α,β-unsaturated/α-hetero) is 1. The van der Waals surface area contributed by atoms with Gasteiger partial charge in [-0.25, -0.2) is 0 Å². The minimum atomic E-state index is -0.265. The van der Waals surface area contributed by atoms with Crippen LogP contribution in [-0.4, -0.2) is 16.5 Å². The van der Waals surface area contributed by atoms with Gasteiger partial charge in [0.15, 0.2) is 0 Å². The number of carbonyl (C=O) groups excluding carboxylic acids is 1. The molecule has 1 N–H and O–H groups in total. The Morgan fingerprint density at radius 3 is 2.85 bits per heavy atom. The summed E-state index contributed by atoms with van der Waals surface area (Å²) >= 11 is 0. The first-order chi connectivity index (χ1) is 9.35. The third kappa shape index (κ3) is 1.24. The van der Waals surface area contributed by atoms with Crippen molar-refractivity contribution in [2.24, 2.45) is 11.3 Å². The molecule has 0 unspecified atom stereocenters. The number of aromatic hydroxyl groups is 1. The quantitative estimate of drug-likeness (QED) is 0.788. The Hall–Kier alpha value is -1.51. The summed E-state index contributed by atoms with van der Waals surface area (Å²) in [5.41, 5.74) is 1.41. The van der Waals surface area contributed by atoms with Gasteiger partial charge in [-0.3, -0.25) is 4.79 Å². The van der Waals surface area contributed by atoms with Gasteiger partial charge in [-0.2, -0.15) is 0 Å². The maximum absolute atomic E-state index is 12.3. The van der Waals surface area contributed by atoms with Crippen molar-refractivity contribution in [3.8, 4) is 11.5 Å². The number of aryl methyl sites for hydroxylation is 1. The molecule has 0 radical (unpaired) electrons. The summed E-state index contributed by atoms with van der Waals surface area (Å²) in [6.07, 6.45) is 2.25. The SMILES string of the molecule is Cc1cc(O)c2c(c1)O[C@]1(C)CCC(=O)[C@]3(C)C[C@H]2[C@H]13. The molecule has 2 saturated carbocycles. The number of benzene rings is 1. The summed E-state index contributed by atoms with van der Waals surface area (Å²) in [5.74, 6) is 1.99. The third-order valence-electron chi connectivity index (χ3n) is 5.85. The van der Waals surface area contributed by atoms with Crippen LogP contribution in [0.3, 0.4) is 0 Å². The summed E-state index contributed by atoms with van der Waals surface area (Å²) < 4.78 is 6.29. The van der Waals surface area contributed by atoms with Crippen molar-refractivity contribution in [3.63, 3.8) is 0 Å². The Morgan fingerprint density at radius 2 is 2.10 bits per heavy atom. The number of hydrogen-bond donors (Lipinski definition) is 1. The van der Waals surface area contributed by atoms with Gasteiger partial charge in [0.1, 0.15) is 22.9 Å². The highest BCUT2D eigenvalue weighted by Gasteiger charge is 2.67. The van der Waals surface area contributed by atoms with Crippen LogP contribution in [0.4, 0.5) is 0 Å². The Labute approximate surface area is 118 Å². The maximum atomic E-state index is 12.3. The maximum Gasteiger partial charge on any atom is 0.139 e. The number of fused-ring (bicyclic) bond motifs is 2. The van der Waals surface area contributed by atoms with Crippen LogP contribution in [0.15, 0.2) is 12.1 Å². The van der Waals surface area contributed by atoms with Crippen LogP contribution in [0.1, 0.15) is 50.2 Å². The van der Waals surface area contributed by atoms with Crippen LogP contribution in [0.5, 0.6) is 11.5 Å². The van der Waals surface area contributed by atoms with E-state index in [1.54, 1.807) is 6.07 Å². The van der Waals surface area contributed by atoms with E-state index in [0.717, 1.165) is 29.7 Å². The first-order valence-corrected chi connectivity index (χ1v) is 7.41. The fraction of sp³-hybridized carbons (Fsp3) is 0.588. The normalized spacial score (nSPS) is 41.2. The van der Waals surface area contributed by atoms with Crippen molar-refractivity contribution in [2.75, 3.05) is 0 Å². The van der Waals surface area contributed by atoms with E-state index in [-0.39, 0.29) is 22.9 Å². The molecule has 0 spiro atoms. The lowest BCUT2D eigenvalue weighted by Crippen LogP contribution is -2.66. The molecular formula is C17H20O3. The molecule has 0 bridgehead atoms. The first-order valence-electron chi connectivity index (χ1n) is 7.41. The number of rotatable bonds is 0. The van der Waals surface area contributed by atoms with E-state index in [4.69, 9.17) is 4.74 Å². The lowest BCUT2D eigenvalue weighted by molar-refractivity contribution is -0.180. The summed E-state index contributed by atoms with van der Waals surface area (Å²) in [4.78, 5) is 12.3. The van der Waals surface area contributed by atoms with Gasteiger partial charge in [0.05, 0.1) is 0 Å². The molecule has 3 heteroatoms. The minimum absolute atomic E-state index is 0.206. The van der Waals surface area contributed by atoms with Crippen LogP contribution in [0.25, 0.3) is 0 Å². The highest BCUT2D eigenvalue weighted by Crippen LogP contribution is 2.69. The minimum Gasteiger partial charge on any atom is -0.508 e. The lowest BCUT2D eigenvalue weighted by Gasteiger charge is -2.64. The van der Waals surface area contributed by atoms with Crippen molar-refractivity contribution >= 4 is 5.78 Å². The molecular weight excluding hydrogens is 252 g/mol. The van der Waals surface area contributed by atoms with Crippen molar-refractivity contribution < 1.29 is 14.6 Å². The fourth-order valence-corrected chi connectivity index (χ4v) is 5.01. The van der Waals surface area contributed by atoms with E-state index < -0.39 is 0 Å². The predicted molar refractivity (Wildman–Crippen MR) is 75.1 cm³/mol. The van der Waals surface area contributed by atoms with E-state index in [2.05, 4.69) is 13.8 Å². The summed E-state index contributed by atoms with van der Waals surface area (Å²) in [7, 11) is 0. The molecule has 3 nitrogen and oxygen atoms in total. The summed E-state index contributed by atoms with van der Waals surface area (Å²) in [5, 5.41) is 10.3. The van der Waals surface area contributed by atoms with Crippen LogP contribution in [-0.2, 0) is 4.79 Å². The van der Waals surface area contributed by atoms with Gasteiger partial charge in [0, 0.05) is 23.3 Å². The van der Waals surface area contributed by atoms with Gasteiger partial charge in [0.2, 0.25) is 0 Å². The first kappa shape index (κ1) is 12.2. The monoisotopic (exact) mass is 272 g/mol. The van der Waals surface area contributed by atoms with Gasteiger partial charge in [-0.1, -0.05) is 6.92 Å².